The summed E-state index contributed by atoms with van der Waals surface area (Å²) < 4.78 is 5.33. The van der Waals surface area contributed by atoms with Crippen molar-refractivity contribution in [1.29, 1.82) is 0 Å². The lowest BCUT2D eigenvalue weighted by Gasteiger charge is -2.08. The summed E-state index contributed by atoms with van der Waals surface area (Å²) in [5.41, 5.74) is 7.98. The summed E-state index contributed by atoms with van der Waals surface area (Å²) in [7, 11) is 0. The maximum absolute atomic E-state index is 5.76. The number of aromatic nitrogens is 5. The summed E-state index contributed by atoms with van der Waals surface area (Å²) in [5, 5.41) is 14.0. The van der Waals surface area contributed by atoms with Gasteiger partial charge in [0.2, 0.25) is 0 Å². The molecule has 0 bridgehead atoms. The summed E-state index contributed by atoms with van der Waals surface area (Å²) in [5.74, 6) is 1.71. The fourth-order valence-electron chi connectivity index (χ4n) is 2.38. The van der Waals surface area contributed by atoms with E-state index in [1.807, 2.05) is 11.6 Å². The van der Waals surface area contributed by atoms with E-state index in [0.717, 1.165) is 33.4 Å². The van der Waals surface area contributed by atoms with Gasteiger partial charge in [-0.2, -0.15) is 5.10 Å². The molecule has 6 nitrogen and oxygen atoms in total. The zero-order valence-corrected chi connectivity index (χ0v) is 14.6. The Labute approximate surface area is 136 Å². The molecule has 8 heteroatoms. The van der Waals surface area contributed by atoms with Crippen LogP contribution in [0, 0.1) is 6.92 Å². The quantitative estimate of drug-likeness (QED) is 0.791. The lowest BCUT2D eigenvalue weighted by Crippen LogP contribution is -2.08. The summed E-state index contributed by atoms with van der Waals surface area (Å²) in [6.07, 6.45) is 2.41. The molecule has 0 spiro atoms. The summed E-state index contributed by atoms with van der Waals surface area (Å²) in [4.78, 5) is 0. The molecule has 1 aliphatic rings. The monoisotopic (exact) mass is 370 g/mol. The van der Waals surface area contributed by atoms with Crippen molar-refractivity contribution in [2.75, 3.05) is 0 Å². The van der Waals surface area contributed by atoms with E-state index in [9.17, 15) is 0 Å². The van der Waals surface area contributed by atoms with Crippen molar-refractivity contribution in [3.8, 4) is 0 Å². The zero-order chi connectivity index (χ0) is 15.0. The minimum absolute atomic E-state index is 0.444. The minimum Gasteiger partial charge on any atom is -0.324 e. The highest BCUT2D eigenvalue weighted by molar-refractivity contribution is 9.10. The molecule has 2 aromatic rings. The molecule has 2 aromatic heterocycles. The highest BCUT2D eigenvalue weighted by Crippen LogP contribution is 2.39. The number of hydrogen-bond donors (Lipinski definition) is 1. The fraction of sp³-hybridized carbons (Fsp3) is 0.615. The summed E-state index contributed by atoms with van der Waals surface area (Å²) >= 11 is 5.34. The number of thioether (sulfide) groups is 1. The number of rotatable bonds is 6. The van der Waals surface area contributed by atoms with Gasteiger partial charge in [-0.15, -0.1) is 10.2 Å². The van der Waals surface area contributed by atoms with Gasteiger partial charge in [0, 0.05) is 18.3 Å². The second-order valence-corrected chi connectivity index (χ2v) is 6.89. The summed E-state index contributed by atoms with van der Waals surface area (Å²) in [6, 6.07) is 0.544. The average molecular weight is 371 g/mol. The molecule has 0 saturated heterocycles. The van der Waals surface area contributed by atoms with Gasteiger partial charge in [0.15, 0.2) is 5.16 Å². The molecule has 0 aliphatic heterocycles. The molecule has 114 valence electrons. The van der Waals surface area contributed by atoms with Crippen LogP contribution in [-0.4, -0.2) is 24.5 Å². The number of nitrogens with two attached hydrogens (primary N) is 1. The zero-order valence-electron chi connectivity index (χ0n) is 12.2. The van der Waals surface area contributed by atoms with Gasteiger partial charge in [-0.3, -0.25) is 4.68 Å². The number of aryl methyl sites for hydroxylation is 2. The molecule has 1 saturated carbocycles. The third kappa shape index (κ3) is 2.89. The third-order valence-electron chi connectivity index (χ3n) is 3.62. The van der Waals surface area contributed by atoms with Crippen LogP contribution in [0.3, 0.4) is 0 Å². The van der Waals surface area contributed by atoms with Crippen LogP contribution in [0.1, 0.15) is 43.0 Å². The number of nitrogens with zero attached hydrogens (tertiary/aromatic N) is 5. The molecule has 2 N–H and O–H groups in total. The Kier molecular flexibility index (Phi) is 4.37. The van der Waals surface area contributed by atoms with Gasteiger partial charge in [-0.05, 0) is 42.6 Å². The van der Waals surface area contributed by atoms with Crippen LogP contribution in [0.2, 0.25) is 0 Å². The molecular weight excluding hydrogens is 352 g/mol. The van der Waals surface area contributed by atoms with E-state index in [1.165, 1.54) is 18.5 Å². The average Bonchev–Trinajstić information content (AvgIpc) is 3.19. The van der Waals surface area contributed by atoms with Crippen molar-refractivity contribution in [3.05, 3.63) is 21.7 Å². The van der Waals surface area contributed by atoms with E-state index in [1.54, 1.807) is 11.8 Å². The standard InChI is InChI=1S/C13H19BrN6S/c1-3-19-10(12(14)8(2)18-19)7-21-13-17-16-11(6-15)20(13)9-4-5-9/h9H,3-7,15H2,1-2H3. The van der Waals surface area contributed by atoms with Crippen LogP contribution >= 0.6 is 27.7 Å². The second kappa shape index (κ2) is 6.10. The highest BCUT2D eigenvalue weighted by Gasteiger charge is 2.29. The van der Waals surface area contributed by atoms with Gasteiger partial charge in [0.1, 0.15) is 5.82 Å². The normalized spacial score (nSPS) is 14.9. The molecule has 0 amide bonds. The topological polar surface area (TPSA) is 74.6 Å². The van der Waals surface area contributed by atoms with E-state index < -0.39 is 0 Å². The van der Waals surface area contributed by atoms with Gasteiger partial charge in [-0.1, -0.05) is 11.8 Å². The number of halogens is 1. The Morgan fingerprint density at radius 3 is 2.76 bits per heavy atom. The lowest BCUT2D eigenvalue weighted by molar-refractivity contribution is 0.622. The van der Waals surface area contributed by atoms with Crippen molar-refractivity contribution in [2.24, 2.45) is 5.73 Å². The molecule has 1 aliphatic carbocycles. The van der Waals surface area contributed by atoms with Crippen LogP contribution in [0.5, 0.6) is 0 Å². The van der Waals surface area contributed by atoms with Crippen LogP contribution in [0.4, 0.5) is 0 Å². The SMILES string of the molecule is CCn1nc(C)c(Br)c1CSc1nnc(CN)n1C1CC1. The van der Waals surface area contributed by atoms with E-state index in [-0.39, 0.29) is 0 Å². The molecule has 1 fully saturated rings. The van der Waals surface area contributed by atoms with Crippen molar-refractivity contribution < 1.29 is 0 Å². The first-order valence-corrected chi connectivity index (χ1v) is 8.92. The fourth-order valence-corrected chi connectivity index (χ4v) is 4.05. The highest BCUT2D eigenvalue weighted by atomic mass is 79.9. The Hall–Kier alpha value is -0.860. The molecule has 21 heavy (non-hydrogen) atoms. The largest absolute Gasteiger partial charge is 0.324 e. The maximum atomic E-state index is 5.76. The Bertz CT molecular complexity index is 645. The third-order valence-corrected chi connectivity index (χ3v) is 5.61. The first kappa shape index (κ1) is 15.1. The van der Waals surface area contributed by atoms with E-state index in [2.05, 4.69) is 42.7 Å². The Balaban J connectivity index is 1.81. The molecule has 0 unspecified atom stereocenters. The predicted octanol–water partition coefficient (Wildman–Crippen LogP) is 2.65. The van der Waals surface area contributed by atoms with Gasteiger partial charge in [-0.25, -0.2) is 0 Å². The van der Waals surface area contributed by atoms with Crippen LogP contribution in [0.25, 0.3) is 0 Å². The minimum atomic E-state index is 0.444. The van der Waals surface area contributed by atoms with Crippen LogP contribution in [-0.2, 0) is 18.8 Å². The first-order valence-electron chi connectivity index (χ1n) is 7.14. The van der Waals surface area contributed by atoms with Crippen molar-refractivity contribution in [1.82, 2.24) is 24.5 Å². The molecule has 0 radical (unpaired) electrons. The van der Waals surface area contributed by atoms with E-state index in [4.69, 9.17) is 5.73 Å². The molecule has 0 aromatic carbocycles. The van der Waals surface area contributed by atoms with Crippen molar-refractivity contribution >= 4 is 27.7 Å². The predicted molar refractivity (Wildman–Crippen MR) is 86.1 cm³/mol. The first-order chi connectivity index (χ1) is 10.2. The van der Waals surface area contributed by atoms with Crippen molar-refractivity contribution in [2.45, 2.75) is 56.7 Å². The Morgan fingerprint density at radius 1 is 1.38 bits per heavy atom. The maximum Gasteiger partial charge on any atom is 0.191 e. The van der Waals surface area contributed by atoms with Crippen LogP contribution in [0.15, 0.2) is 9.63 Å². The molecule has 3 rings (SSSR count). The molecular formula is C13H19BrN6S. The molecule has 0 atom stereocenters. The van der Waals surface area contributed by atoms with Gasteiger partial charge in [0.05, 0.1) is 22.4 Å². The van der Waals surface area contributed by atoms with Gasteiger partial charge in [0.25, 0.3) is 0 Å². The van der Waals surface area contributed by atoms with Gasteiger partial charge < -0.3 is 10.3 Å². The molecule has 2 heterocycles. The second-order valence-electron chi connectivity index (χ2n) is 5.15. The number of hydrogen-bond acceptors (Lipinski definition) is 5. The summed E-state index contributed by atoms with van der Waals surface area (Å²) in [6.45, 7) is 5.43. The Morgan fingerprint density at radius 2 is 2.14 bits per heavy atom. The van der Waals surface area contributed by atoms with E-state index >= 15 is 0 Å². The van der Waals surface area contributed by atoms with Gasteiger partial charge >= 0.3 is 0 Å². The van der Waals surface area contributed by atoms with Crippen molar-refractivity contribution in [3.63, 3.8) is 0 Å². The van der Waals surface area contributed by atoms with E-state index in [0.29, 0.717) is 12.6 Å². The lowest BCUT2D eigenvalue weighted by atomic mass is 10.4. The smallest absolute Gasteiger partial charge is 0.191 e. The van der Waals surface area contributed by atoms with Crippen LogP contribution < -0.4 is 5.73 Å².